The van der Waals surface area contributed by atoms with Crippen LogP contribution in [0.3, 0.4) is 0 Å². The molecule has 0 bridgehead atoms. The number of likely N-dealkylation sites (N-methyl/N-ethyl adjacent to an activating group) is 1. The summed E-state index contributed by atoms with van der Waals surface area (Å²) in [7, 11) is 3.92. The molecule has 158 valence electrons. The summed E-state index contributed by atoms with van der Waals surface area (Å²) in [5.41, 5.74) is 1.18. The number of guanidine groups is 1. The number of piperazine rings is 1. The topological polar surface area (TPSA) is 65.0 Å². The largest absolute Gasteiger partial charge is 0.379 e. The summed E-state index contributed by atoms with van der Waals surface area (Å²) in [6.45, 7) is 15.0. The highest BCUT2D eigenvalue weighted by Gasteiger charge is 2.24. The van der Waals surface area contributed by atoms with Gasteiger partial charge in [0.05, 0.1) is 12.6 Å². The SMILES string of the molecule is CCNC(=NCc1ccc(N2CCN(C)CC2)nc1)NCC(OC)C(C)(C)C. The fourth-order valence-corrected chi connectivity index (χ4v) is 3.18. The van der Waals surface area contributed by atoms with Crippen LogP contribution in [0.5, 0.6) is 0 Å². The Labute approximate surface area is 170 Å². The summed E-state index contributed by atoms with van der Waals surface area (Å²) in [6.07, 6.45) is 2.05. The molecular formula is C21H38N6O. The van der Waals surface area contributed by atoms with Gasteiger partial charge in [0.1, 0.15) is 5.82 Å². The van der Waals surface area contributed by atoms with Gasteiger partial charge in [-0.15, -0.1) is 0 Å². The molecule has 0 radical (unpaired) electrons. The first-order valence-corrected chi connectivity index (χ1v) is 10.3. The van der Waals surface area contributed by atoms with Crippen LogP contribution in [-0.4, -0.2) is 75.4 Å². The van der Waals surface area contributed by atoms with Gasteiger partial charge in [0, 0.05) is 52.6 Å². The van der Waals surface area contributed by atoms with E-state index in [1.54, 1.807) is 7.11 Å². The van der Waals surface area contributed by atoms with Gasteiger partial charge in [0.25, 0.3) is 0 Å². The van der Waals surface area contributed by atoms with Gasteiger partial charge in [-0.05, 0) is 31.0 Å². The van der Waals surface area contributed by atoms with E-state index in [-0.39, 0.29) is 11.5 Å². The lowest BCUT2D eigenvalue weighted by atomic mass is 9.89. The van der Waals surface area contributed by atoms with Gasteiger partial charge >= 0.3 is 0 Å². The second kappa shape index (κ2) is 10.6. The third-order valence-electron chi connectivity index (χ3n) is 5.11. The maximum atomic E-state index is 5.62. The number of nitrogens with one attached hydrogen (secondary N) is 2. The molecule has 1 aliphatic rings. The number of pyridine rings is 1. The van der Waals surface area contributed by atoms with Crippen LogP contribution in [0.15, 0.2) is 23.3 Å². The molecule has 2 heterocycles. The van der Waals surface area contributed by atoms with Crippen molar-refractivity contribution in [1.82, 2.24) is 20.5 Å². The average molecular weight is 391 g/mol. The molecule has 1 aliphatic heterocycles. The van der Waals surface area contributed by atoms with Crippen molar-refractivity contribution < 1.29 is 4.74 Å². The number of nitrogens with zero attached hydrogens (tertiary/aromatic N) is 4. The van der Waals surface area contributed by atoms with Gasteiger partial charge in [-0.2, -0.15) is 0 Å². The minimum Gasteiger partial charge on any atom is -0.379 e. The predicted octanol–water partition coefficient (Wildman–Crippen LogP) is 1.95. The van der Waals surface area contributed by atoms with E-state index in [1.807, 2.05) is 6.20 Å². The second-order valence-corrected chi connectivity index (χ2v) is 8.48. The molecular weight excluding hydrogens is 352 g/mol. The van der Waals surface area contributed by atoms with Crippen LogP contribution < -0.4 is 15.5 Å². The minimum absolute atomic E-state index is 0.0715. The number of aliphatic imine (C=N–C) groups is 1. The first kappa shape index (κ1) is 22.4. The molecule has 28 heavy (non-hydrogen) atoms. The van der Waals surface area contributed by atoms with Crippen LogP contribution in [0.1, 0.15) is 33.3 Å². The Morgan fingerprint density at radius 2 is 1.93 bits per heavy atom. The monoisotopic (exact) mass is 390 g/mol. The molecule has 2 N–H and O–H groups in total. The molecule has 7 heteroatoms. The Balaban J connectivity index is 1.92. The predicted molar refractivity (Wildman–Crippen MR) is 117 cm³/mol. The van der Waals surface area contributed by atoms with Crippen molar-refractivity contribution >= 4 is 11.8 Å². The Morgan fingerprint density at radius 1 is 1.21 bits per heavy atom. The molecule has 1 saturated heterocycles. The molecule has 0 aromatic carbocycles. The third-order valence-corrected chi connectivity index (χ3v) is 5.11. The number of hydrogen-bond acceptors (Lipinski definition) is 5. The Hall–Kier alpha value is -1.86. The first-order chi connectivity index (χ1) is 13.3. The lowest BCUT2D eigenvalue weighted by Crippen LogP contribution is -2.45. The summed E-state index contributed by atoms with van der Waals surface area (Å²) in [6, 6.07) is 4.23. The summed E-state index contributed by atoms with van der Waals surface area (Å²) in [5, 5.41) is 6.70. The van der Waals surface area contributed by atoms with Gasteiger partial charge < -0.3 is 25.2 Å². The number of methoxy groups -OCH3 is 1. The van der Waals surface area contributed by atoms with E-state index in [1.165, 1.54) is 0 Å². The van der Waals surface area contributed by atoms with Crippen molar-refractivity contribution in [3.05, 3.63) is 23.9 Å². The smallest absolute Gasteiger partial charge is 0.191 e. The molecule has 1 unspecified atom stereocenters. The molecule has 1 aromatic rings. The maximum absolute atomic E-state index is 5.62. The van der Waals surface area contributed by atoms with Gasteiger partial charge in [-0.25, -0.2) is 9.98 Å². The van der Waals surface area contributed by atoms with Crippen molar-refractivity contribution in [3.63, 3.8) is 0 Å². The first-order valence-electron chi connectivity index (χ1n) is 10.3. The molecule has 7 nitrogen and oxygen atoms in total. The van der Waals surface area contributed by atoms with Gasteiger partial charge in [-0.1, -0.05) is 26.8 Å². The van der Waals surface area contributed by atoms with E-state index >= 15 is 0 Å². The molecule has 0 amide bonds. The molecule has 1 fully saturated rings. The molecule has 0 saturated carbocycles. The van der Waals surface area contributed by atoms with E-state index in [4.69, 9.17) is 9.73 Å². The fraction of sp³-hybridized carbons (Fsp3) is 0.714. The highest BCUT2D eigenvalue weighted by atomic mass is 16.5. The van der Waals surface area contributed by atoms with E-state index in [2.05, 4.69) is 72.3 Å². The summed E-state index contributed by atoms with van der Waals surface area (Å²) in [5.74, 6) is 1.86. The van der Waals surface area contributed by atoms with Gasteiger partial charge in [0.15, 0.2) is 5.96 Å². The second-order valence-electron chi connectivity index (χ2n) is 8.48. The molecule has 1 atom stereocenters. The third kappa shape index (κ3) is 6.95. The molecule has 2 rings (SSSR count). The lowest BCUT2D eigenvalue weighted by Gasteiger charge is -2.33. The van der Waals surface area contributed by atoms with Crippen LogP contribution in [-0.2, 0) is 11.3 Å². The Morgan fingerprint density at radius 3 is 2.46 bits per heavy atom. The number of aromatic nitrogens is 1. The summed E-state index contributed by atoms with van der Waals surface area (Å²) >= 11 is 0. The van der Waals surface area contributed by atoms with Gasteiger partial charge in [0.2, 0.25) is 0 Å². The standard InChI is InChI=1S/C21H38N6O/c1-7-22-20(25-16-18(28-6)21(2,3)4)24-15-17-8-9-19(23-14-17)27-12-10-26(5)11-13-27/h8-9,14,18H,7,10-13,15-16H2,1-6H3,(H2,22,24,25). The molecule has 0 spiro atoms. The fourth-order valence-electron chi connectivity index (χ4n) is 3.18. The Bertz CT molecular complexity index is 602. The number of hydrogen-bond donors (Lipinski definition) is 2. The highest BCUT2D eigenvalue weighted by Crippen LogP contribution is 2.21. The molecule has 1 aromatic heterocycles. The van der Waals surface area contributed by atoms with E-state index in [0.717, 1.165) is 50.1 Å². The lowest BCUT2D eigenvalue weighted by molar-refractivity contribution is 0.0205. The van der Waals surface area contributed by atoms with Crippen molar-refractivity contribution in [3.8, 4) is 0 Å². The van der Waals surface area contributed by atoms with E-state index in [9.17, 15) is 0 Å². The van der Waals surface area contributed by atoms with Crippen molar-refractivity contribution in [2.75, 3.05) is 58.3 Å². The normalized spacial score (nSPS) is 17.5. The number of ether oxygens (including phenoxy) is 1. The minimum atomic E-state index is 0.0715. The number of anilines is 1. The van der Waals surface area contributed by atoms with Crippen LogP contribution in [0.2, 0.25) is 0 Å². The molecule has 0 aliphatic carbocycles. The van der Waals surface area contributed by atoms with E-state index < -0.39 is 0 Å². The van der Waals surface area contributed by atoms with Crippen molar-refractivity contribution in [2.45, 2.75) is 40.3 Å². The van der Waals surface area contributed by atoms with Crippen molar-refractivity contribution in [1.29, 1.82) is 0 Å². The van der Waals surface area contributed by atoms with E-state index in [0.29, 0.717) is 13.1 Å². The zero-order chi connectivity index (χ0) is 20.6. The highest BCUT2D eigenvalue weighted by molar-refractivity contribution is 5.79. The zero-order valence-corrected chi connectivity index (χ0v) is 18.5. The Kier molecular flexibility index (Phi) is 8.51. The maximum Gasteiger partial charge on any atom is 0.191 e. The quantitative estimate of drug-likeness (QED) is 0.548. The number of rotatable bonds is 7. The zero-order valence-electron chi connectivity index (χ0n) is 18.5. The van der Waals surface area contributed by atoms with Crippen molar-refractivity contribution in [2.24, 2.45) is 10.4 Å². The van der Waals surface area contributed by atoms with Crippen LogP contribution in [0, 0.1) is 5.41 Å². The average Bonchev–Trinajstić information content (AvgIpc) is 2.66. The van der Waals surface area contributed by atoms with Crippen LogP contribution >= 0.6 is 0 Å². The summed E-state index contributed by atoms with van der Waals surface area (Å²) in [4.78, 5) is 14.0. The summed E-state index contributed by atoms with van der Waals surface area (Å²) < 4.78 is 5.62. The van der Waals surface area contributed by atoms with Crippen LogP contribution in [0.25, 0.3) is 0 Å². The van der Waals surface area contributed by atoms with Crippen LogP contribution in [0.4, 0.5) is 5.82 Å². The van der Waals surface area contributed by atoms with Gasteiger partial charge in [-0.3, -0.25) is 0 Å².